The van der Waals surface area contributed by atoms with Crippen LogP contribution in [-0.2, 0) is 4.79 Å². The third kappa shape index (κ3) is 6.32. The number of amides is 1. The summed E-state index contributed by atoms with van der Waals surface area (Å²) in [5.74, 6) is 1.55. The molecular formula is C23H37ClN2OS. The normalized spacial score (nSPS) is 34.2. The molecule has 5 heteroatoms. The van der Waals surface area contributed by atoms with Crippen LogP contribution >= 0.6 is 23.5 Å². The third-order valence-electron chi connectivity index (χ3n) is 6.44. The van der Waals surface area contributed by atoms with Crippen molar-refractivity contribution in [1.82, 2.24) is 10.0 Å². The van der Waals surface area contributed by atoms with E-state index in [2.05, 4.69) is 37.0 Å². The number of carbonyl (C=O) groups excluding carboxylic acids is 1. The number of allylic oxidation sites excluding steroid dienone is 3. The van der Waals surface area contributed by atoms with Crippen molar-refractivity contribution in [3.63, 3.8) is 0 Å². The third-order valence-corrected chi connectivity index (χ3v) is 8.27. The highest BCUT2D eigenvalue weighted by Crippen LogP contribution is 2.36. The molecule has 2 rings (SSSR count). The van der Waals surface area contributed by atoms with E-state index in [1.807, 2.05) is 19.9 Å². The maximum absolute atomic E-state index is 12.9. The smallest absolute Gasteiger partial charge is 0.223 e. The summed E-state index contributed by atoms with van der Waals surface area (Å²) >= 11 is 8.22. The zero-order chi connectivity index (χ0) is 20.8. The van der Waals surface area contributed by atoms with Crippen LogP contribution in [0.4, 0.5) is 0 Å². The van der Waals surface area contributed by atoms with E-state index >= 15 is 0 Å². The van der Waals surface area contributed by atoms with Crippen LogP contribution < -0.4 is 10.0 Å². The molecule has 0 heterocycles. The highest BCUT2D eigenvalue weighted by molar-refractivity contribution is 7.98. The average molecular weight is 425 g/mol. The summed E-state index contributed by atoms with van der Waals surface area (Å²) in [6, 6.07) is 0.322. The number of rotatable bonds is 7. The number of alkyl halides is 1. The van der Waals surface area contributed by atoms with Crippen LogP contribution in [0.25, 0.3) is 0 Å². The van der Waals surface area contributed by atoms with Gasteiger partial charge in [0.15, 0.2) is 0 Å². The zero-order valence-electron chi connectivity index (χ0n) is 17.9. The molecule has 2 fully saturated rings. The fraction of sp³-hybridized carbons (Fsp3) is 0.696. The Labute approximate surface area is 181 Å². The first-order valence-electron chi connectivity index (χ1n) is 10.6. The van der Waals surface area contributed by atoms with Crippen LogP contribution in [0.1, 0.15) is 66.2 Å². The lowest BCUT2D eigenvalue weighted by atomic mass is 9.79. The highest BCUT2D eigenvalue weighted by Gasteiger charge is 2.35. The van der Waals surface area contributed by atoms with Crippen LogP contribution in [0, 0.1) is 17.8 Å². The van der Waals surface area contributed by atoms with Gasteiger partial charge in [0.2, 0.25) is 5.91 Å². The van der Waals surface area contributed by atoms with Gasteiger partial charge in [0.05, 0.1) is 0 Å². The Morgan fingerprint density at radius 1 is 1.14 bits per heavy atom. The number of hydrogen-bond acceptors (Lipinski definition) is 3. The number of hydrogen-bond donors (Lipinski definition) is 2. The first-order valence-corrected chi connectivity index (χ1v) is 11.9. The van der Waals surface area contributed by atoms with Gasteiger partial charge >= 0.3 is 0 Å². The molecule has 2 N–H and O–H groups in total. The van der Waals surface area contributed by atoms with Crippen molar-refractivity contribution in [3.05, 3.63) is 36.1 Å². The first-order chi connectivity index (χ1) is 13.2. The summed E-state index contributed by atoms with van der Waals surface area (Å²) < 4.78 is 3.41. The maximum atomic E-state index is 12.9. The van der Waals surface area contributed by atoms with Gasteiger partial charge in [-0.25, -0.2) is 0 Å². The molecule has 0 bridgehead atoms. The Kier molecular flexibility index (Phi) is 9.01. The predicted octanol–water partition coefficient (Wildman–Crippen LogP) is 5.98. The van der Waals surface area contributed by atoms with E-state index in [-0.39, 0.29) is 22.5 Å². The molecule has 6 unspecified atom stereocenters. The maximum Gasteiger partial charge on any atom is 0.223 e. The van der Waals surface area contributed by atoms with E-state index in [0.29, 0.717) is 17.9 Å². The molecule has 2 saturated carbocycles. The molecule has 0 saturated heterocycles. The molecule has 28 heavy (non-hydrogen) atoms. The van der Waals surface area contributed by atoms with Gasteiger partial charge in [0, 0.05) is 28.3 Å². The molecule has 2 aliphatic carbocycles. The average Bonchev–Trinajstić information content (AvgIpc) is 2.66. The molecule has 0 aromatic carbocycles. The van der Waals surface area contributed by atoms with Gasteiger partial charge in [-0.05, 0) is 81.4 Å². The summed E-state index contributed by atoms with van der Waals surface area (Å²) in [6.07, 6.45) is 7.97. The van der Waals surface area contributed by atoms with Crippen LogP contribution in [0.15, 0.2) is 36.1 Å². The second-order valence-corrected chi connectivity index (χ2v) is 10.4. The number of halogens is 1. The molecule has 3 nitrogen and oxygen atoms in total. The standard InChI is InChI=1S/C23H37ClN2OS/c1-7-20(17(6)14(2)3)26-28-22-13-18(10-11-19(22)24)23(27)25-21-12-15(4)8-9-16(21)5/h7,15-16,18-19,21-22,26H,1-2,8-13H2,3-6H3,(H,25,27)/b20-17+. The summed E-state index contributed by atoms with van der Waals surface area (Å²) in [4.78, 5) is 12.9. The van der Waals surface area contributed by atoms with Crippen molar-refractivity contribution in [2.45, 2.75) is 82.9 Å². The van der Waals surface area contributed by atoms with E-state index in [4.69, 9.17) is 11.6 Å². The summed E-state index contributed by atoms with van der Waals surface area (Å²) in [6.45, 7) is 16.5. The van der Waals surface area contributed by atoms with Gasteiger partial charge in [0.1, 0.15) is 0 Å². The highest BCUT2D eigenvalue weighted by atomic mass is 35.5. The van der Waals surface area contributed by atoms with E-state index in [1.165, 1.54) is 12.8 Å². The SMILES string of the molecule is C=C/C(NSC1CC(C(=O)NC2CC(C)CCC2C)CCC1Cl)=C(/C)C(=C)C. The monoisotopic (exact) mass is 424 g/mol. The largest absolute Gasteiger partial charge is 0.353 e. The zero-order valence-corrected chi connectivity index (χ0v) is 19.5. The molecule has 158 valence electrons. The van der Waals surface area contributed by atoms with Crippen molar-refractivity contribution < 1.29 is 4.79 Å². The van der Waals surface area contributed by atoms with E-state index < -0.39 is 0 Å². The van der Waals surface area contributed by atoms with Crippen LogP contribution in [0.5, 0.6) is 0 Å². The van der Waals surface area contributed by atoms with Crippen molar-refractivity contribution in [1.29, 1.82) is 0 Å². The van der Waals surface area contributed by atoms with Gasteiger partial charge in [-0.1, -0.05) is 39.0 Å². The molecule has 6 atom stereocenters. The first kappa shape index (κ1) is 23.4. The second-order valence-electron chi connectivity index (χ2n) is 8.82. The van der Waals surface area contributed by atoms with Gasteiger partial charge in [-0.2, -0.15) is 0 Å². The summed E-state index contributed by atoms with van der Waals surface area (Å²) in [7, 11) is 0. The molecule has 0 radical (unpaired) electrons. The van der Waals surface area contributed by atoms with Crippen molar-refractivity contribution in [2.75, 3.05) is 0 Å². The minimum absolute atomic E-state index is 0.0529. The molecule has 0 aliphatic heterocycles. The molecule has 2 aliphatic rings. The number of carbonyl (C=O) groups is 1. The van der Waals surface area contributed by atoms with Crippen molar-refractivity contribution in [3.8, 4) is 0 Å². The summed E-state index contributed by atoms with van der Waals surface area (Å²) in [5.41, 5.74) is 3.08. The Morgan fingerprint density at radius 2 is 1.86 bits per heavy atom. The Bertz CT molecular complexity index is 618. The van der Waals surface area contributed by atoms with Crippen molar-refractivity contribution in [2.24, 2.45) is 17.8 Å². The van der Waals surface area contributed by atoms with Crippen LogP contribution in [-0.4, -0.2) is 22.6 Å². The lowest BCUT2D eigenvalue weighted by molar-refractivity contribution is -0.127. The molecule has 1 amide bonds. The second kappa shape index (κ2) is 10.8. The Morgan fingerprint density at radius 3 is 2.50 bits per heavy atom. The molecule has 0 aromatic rings. The Hall–Kier alpha value is -0.870. The number of nitrogens with one attached hydrogen (secondary N) is 2. The molecule has 0 spiro atoms. The van der Waals surface area contributed by atoms with Crippen molar-refractivity contribution >= 4 is 29.5 Å². The Balaban J connectivity index is 1.94. The van der Waals surface area contributed by atoms with Gasteiger partial charge in [-0.15, -0.1) is 11.6 Å². The van der Waals surface area contributed by atoms with E-state index in [9.17, 15) is 4.79 Å². The topological polar surface area (TPSA) is 41.1 Å². The van der Waals surface area contributed by atoms with E-state index in [0.717, 1.165) is 42.5 Å². The van der Waals surface area contributed by atoms with Crippen LogP contribution in [0.2, 0.25) is 0 Å². The fourth-order valence-corrected chi connectivity index (χ4v) is 5.64. The van der Waals surface area contributed by atoms with Crippen LogP contribution in [0.3, 0.4) is 0 Å². The van der Waals surface area contributed by atoms with Gasteiger partial charge in [0.25, 0.3) is 0 Å². The minimum atomic E-state index is 0.0529. The molecule has 0 aromatic heterocycles. The lowest BCUT2D eigenvalue weighted by Gasteiger charge is -2.36. The summed E-state index contributed by atoms with van der Waals surface area (Å²) in [5, 5.41) is 3.64. The van der Waals surface area contributed by atoms with Gasteiger partial charge < -0.3 is 10.0 Å². The van der Waals surface area contributed by atoms with Gasteiger partial charge in [-0.3, -0.25) is 4.79 Å². The molecular weight excluding hydrogens is 388 g/mol. The minimum Gasteiger partial charge on any atom is -0.353 e. The fourth-order valence-electron chi connectivity index (χ4n) is 4.13. The predicted molar refractivity (Wildman–Crippen MR) is 123 cm³/mol. The lowest BCUT2D eigenvalue weighted by Crippen LogP contribution is -2.47. The quantitative estimate of drug-likeness (QED) is 0.300. The van der Waals surface area contributed by atoms with E-state index in [1.54, 1.807) is 11.9 Å².